The number of rotatable bonds is 3. The fourth-order valence-corrected chi connectivity index (χ4v) is 2.46. The van der Waals surface area contributed by atoms with Crippen molar-refractivity contribution >= 4 is 21.4 Å². The maximum Gasteiger partial charge on any atom is 0.221 e. The van der Waals surface area contributed by atoms with E-state index in [1.165, 1.54) is 13.0 Å². The van der Waals surface area contributed by atoms with Crippen molar-refractivity contribution in [3.8, 4) is 0 Å². The lowest BCUT2D eigenvalue weighted by molar-refractivity contribution is -0.114. The summed E-state index contributed by atoms with van der Waals surface area (Å²) < 4.78 is 24.0. The molecule has 0 bridgehead atoms. The van der Waals surface area contributed by atoms with Crippen LogP contribution in [0.5, 0.6) is 0 Å². The summed E-state index contributed by atoms with van der Waals surface area (Å²) in [5.41, 5.74) is 0.337. The van der Waals surface area contributed by atoms with E-state index in [4.69, 9.17) is 0 Å². The van der Waals surface area contributed by atoms with Crippen LogP contribution in [0.3, 0.4) is 0 Å². The van der Waals surface area contributed by atoms with Crippen LogP contribution in [0.15, 0.2) is 29.2 Å². The Kier molecular flexibility index (Phi) is 3.70. The molecule has 0 saturated carbocycles. The molecule has 0 aliphatic carbocycles. The minimum absolute atomic E-state index is 0.167. The van der Waals surface area contributed by atoms with E-state index < -0.39 is 15.1 Å². The van der Waals surface area contributed by atoms with Crippen LogP contribution in [-0.2, 0) is 14.6 Å². The van der Waals surface area contributed by atoms with Gasteiger partial charge in [0.25, 0.3) is 0 Å². The monoisotopic (exact) mass is 241 g/mol. The molecule has 0 saturated heterocycles. The van der Waals surface area contributed by atoms with Crippen molar-refractivity contribution in [3.63, 3.8) is 0 Å². The third-order valence-electron chi connectivity index (χ3n) is 2.12. The van der Waals surface area contributed by atoms with Crippen LogP contribution < -0.4 is 5.32 Å². The summed E-state index contributed by atoms with van der Waals surface area (Å²) in [6.07, 6.45) is 0. The second-order valence-corrected chi connectivity index (χ2v) is 6.24. The first kappa shape index (κ1) is 12.7. The van der Waals surface area contributed by atoms with Crippen molar-refractivity contribution in [2.45, 2.75) is 30.9 Å². The van der Waals surface area contributed by atoms with Crippen LogP contribution in [0.2, 0.25) is 0 Å². The molecule has 1 aromatic rings. The van der Waals surface area contributed by atoms with Gasteiger partial charge in [0, 0.05) is 6.92 Å². The van der Waals surface area contributed by atoms with Crippen molar-refractivity contribution in [1.29, 1.82) is 0 Å². The highest BCUT2D eigenvalue weighted by atomic mass is 32.2. The Morgan fingerprint density at radius 2 is 1.81 bits per heavy atom. The molecule has 0 aliphatic heterocycles. The smallest absolute Gasteiger partial charge is 0.221 e. The molecule has 1 rings (SSSR count). The summed E-state index contributed by atoms with van der Waals surface area (Å²) in [6, 6.07) is 6.41. The van der Waals surface area contributed by atoms with Crippen LogP contribution in [0, 0.1) is 0 Å². The molecule has 16 heavy (non-hydrogen) atoms. The molecule has 1 aromatic carbocycles. The van der Waals surface area contributed by atoms with Crippen molar-refractivity contribution in [3.05, 3.63) is 24.3 Å². The van der Waals surface area contributed by atoms with E-state index in [1.54, 1.807) is 32.0 Å². The van der Waals surface area contributed by atoms with Crippen LogP contribution >= 0.6 is 0 Å². The Hall–Kier alpha value is -1.36. The summed E-state index contributed by atoms with van der Waals surface area (Å²) in [6.45, 7) is 4.57. The number of para-hydroxylation sites is 1. The molecule has 0 unspecified atom stereocenters. The molecule has 0 atom stereocenters. The second-order valence-electron chi connectivity index (χ2n) is 3.77. The topological polar surface area (TPSA) is 63.2 Å². The molecule has 88 valence electrons. The Morgan fingerprint density at radius 3 is 2.31 bits per heavy atom. The first-order valence-electron chi connectivity index (χ1n) is 4.96. The third-order valence-corrected chi connectivity index (χ3v) is 4.34. The second kappa shape index (κ2) is 4.65. The number of sulfone groups is 1. The van der Waals surface area contributed by atoms with E-state index in [0.717, 1.165) is 0 Å². The summed E-state index contributed by atoms with van der Waals surface area (Å²) in [5.74, 6) is -0.286. The molecule has 0 aliphatic rings. The number of hydrogen-bond donors (Lipinski definition) is 1. The molecule has 1 amide bonds. The minimum atomic E-state index is -3.37. The zero-order chi connectivity index (χ0) is 12.3. The van der Waals surface area contributed by atoms with E-state index in [0.29, 0.717) is 5.69 Å². The van der Waals surface area contributed by atoms with Crippen LogP contribution in [0.4, 0.5) is 5.69 Å². The average molecular weight is 241 g/mol. The molecule has 4 nitrogen and oxygen atoms in total. The van der Waals surface area contributed by atoms with Gasteiger partial charge in [-0.15, -0.1) is 0 Å². The lowest BCUT2D eigenvalue weighted by Gasteiger charge is -2.12. The maximum atomic E-state index is 12.0. The summed E-state index contributed by atoms with van der Waals surface area (Å²) in [4.78, 5) is 11.1. The van der Waals surface area contributed by atoms with E-state index >= 15 is 0 Å². The number of anilines is 1. The number of hydrogen-bond acceptors (Lipinski definition) is 3. The lowest BCUT2D eigenvalue weighted by Crippen LogP contribution is -2.17. The zero-order valence-corrected chi connectivity index (χ0v) is 10.3. The molecule has 1 N–H and O–H groups in total. The van der Waals surface area contributed by atoms with Gasteiger partial charge >= 0.3 is 0 Å². The third kappa shape index (κ3) is 2.61. The quantitative estimate of drug-likeness (QED) is 0.878. The van der Waals surface area contributed by atoms with Gasteiger partial charge in [-0.05, 0) is 26.0 Å². The summed E-state index contributed by atoms with van der Waals surface area (Å²) in [7, 11) is -3.37. The molecular weight excluding hydrogens is 226 g/mol. The highest BCUT2D eigenvalue weighted by Gasteiger charge is 2.22. The largest absolute Gasteiger partial charge is 0.325 e. The van der Waals surface area contributed by atoms with Crippen LogP contribution in [-0.4, -0.2) is 19.6 Å². The molecule has 0 spiro atoms. The van der Waals surface area contributed by atoms with Crippen molar-refractivity contribution in [1.82, 2.24) is 0 Å². The van der Waals surface area contributed by atoms with Gasteiger partial charge in [-0.2, -0.15) is 0 Å². The van der Waals surface area contributed by atoms with Gasteiger partial charge in [-0.1, -0.05) is 12.1 Å². The Balaban J connectivity index is 3.29. The van der Waals surface area contributed by atoms with Crippen molar-refractivity contribution < 1.29 is 13.2 Å². The molecular formula is C11H15NO3S. The van der Waals surface area contributed by atoms with Crippen molar-refractivity contribution in [2.75, 3.05) is 5.32 Å². The highest BCUT2D eigenvalue weighted by Crippen LogP contribution is 2.24. The van der Waals surface area contributed by atoms with E-state index in [1.807, 2.05) is 0 Å². The highest BCUT2D eigenvalue weighted by molar-refractivity contribution is 7.92. The van der Waals surface area contributed by atoms with E-state index in [9.17, 15) is 13.2 Å². The Bertz CT molecular complexity index is 492. The lowest BCUT2D eigenvalue weighted by atomic mass is 10.3. The van der Waals surface area contributed by atoms with Gasteiger partial charge in [0.2, 0.25) is 5.91 Å². The first-order valence-corrected chi connectivity index (χ1v) is 6.51. The number of amides is 1. The van der Waals surface area contributed by atoms with Gasteiger partial charge < -0.3 is 5.32 Å². The van der Waals surface area contributed by atoms with Crippen molar-refractivity contribution in [2.24, 2.45) is 0 Å². The van der Waals surface area contributed by atoms with Crippen LogP contribution in [0.1, 0.15) is 20.8 Å². The predicted molar refractivity (Wildman–Crippen MR) is 63.1 cm³/mol. The molecule has 0 aromatic heterocycles. The molecule has 0 heterocycles. The first-order chi connectivity index (χ1) is 7.35. The SMILES string of the molecule is CC(=O)Nc1ccccc1S(=O)(=O)C(C)C. The van der Waals surface area contributed by atoms with Gasteiger partial charge in [-0.25, -0.2) is 8.42 Å². The average Bonchev–Trinajstić information content (AvgIpc) is 2.17. The number of carbonyl (C=O) groups is 1. The molecule has 5 heteroatoms. The van der Waals surface area contributed by atoms with Crippen LogP contribution in [0.25, 0.3) is 0 Å². The maximum absolute atomic E-state index is 12.0. The summed E-state index contributed by atoms with van der Waals surface area (Å²) in [5, 5.41) is 2.00. The fourth-order valence-electron chi connectivity index (χ4n) is 1.26. The molecule has 0 fully saturated rings. The standard InChI is InChI=1S/C11H15NO3S/c1-8(2)16(14,15)11-7-5-4-6-10(11)12-9(3)13/h4-8H,1-3H3,(H,12,13). The minimum Gasteiger partial charge on any atom is -0.325 e. The zero-order valence-electron chi connectivity index (χ0n) is 9.52. The predicted octanol–water partition coefficient (Wildman–Crippen LogP) is 1.83. The Labute approximate surface area is 95.6 Å². The van der Waals surface area contributed by atoms with E-state index in [2.05, 4.69) is 5.32 Å². The van der Waals surface area contributed by atoms with Gasteiger partial charge in [0.1, 0.15) is 0 Å². The number of benzene rings is 1. The number of carbonyl (C=O) groups excluding carboxylic acids is 1. The van der Waals surface area contributed by atoms with E-state index in [-0.39, 0.29) is 10.8 Å². The molecule has 0 radical (unpaired) electrons. The van der Waals surface area contributed by atoms with Gasteiger partial charge in [-0.3, -0.25) is 4.79 Å². The summed E-state index contributed by atoms with van der Waals surface area (Å²) >= 11 is 0. The fraction of sp³-hybridized carbons (Fsp3) is 0.364. The normalized spacial score (nSPS) is 11.5. The van der Waals surface area contributed by atoms with Gasteiger partial charge in [0.15, 0.2) is 9.84 Å². The van der Waals surface area contributed by atoms with Gasteiger partial charge in [0.05, 0.1) is 15.8 Å². The Morgan fingerprint density at radius 1 is 1.25 bits per heavy atom. The number of nitrogens with one attached hydrogen (secondary N) is 1.